The Morgan fingerprint density at radius 3 is 2.48 bits per heavy atom. The van der Waals surface area contributed by atoms with Crippen molar-refractivity contribution in [1.29, 1.82) is 0 Å². The molecule has 4 bridgehead atoms. The van der Waals surface area contributed by atoms with Gasteiger partial charge in [0.25, 0.3) is 0 Å². The van der Waals surface area contributed by atoms with Crippen LogP contribution >= 0.6 is 12.2 Å². The molecule has 1 aromatic heterocycles. The van der Waals surface area contributed by atoms with Crippen LogP contribution in [0.1, 0.15) is 50.5 Å². The van der Waals surface area contributed by atoms with Crippen molar-refractivity contribution < 1.29 is 9.21 Å². The molecule has 1 heterocycles. The van der Waals surface area contributed by atoms with E-state index in [0.717, 1.165) is 45.7 Å². The van der Waals surface area contributed by atoms with Crippen molar-refractivity contribution in [2.45, 2.75) is 51.9 Å². The van der Waals surface area contributed by atoms with Crippen molar-refractivity contribution in [3.05, 3.63) is 48.0 Å². The zero-order valence-electron chi connectivity index (χ0n) is 18.9. The fourth-order valence-electron chi connectivity index (χ4n) is 7.11. The summed E-state index contributed by atoms with van der Waals surface area (Å²) in [4.78, 5) is 17.5. The fraction of sp³-hybridized carbons (Fsp3) is 0.444. The van der Waals surface area contributed by atoms with E-state index >= 15 is 0 Å². The van der Waals surface area contributed by atoms with Crippen molar-refractivity contribution in [1.82, 2.24) is 10.3 Å². The molecule has 0 atom stereocenters. The predicted molar refractivity (Wildman–Crippen MR) is 134 cm³/mol. The minimum absolute atomic E-state index is 0.0406. The van der Waals surface area contributed by atoms with Crippen LogP contribution in [0.5, 0.6) is 0 Å². The Hall–Kier alpha value is -2.73. The van der Waals surface area contributed by atoms with Crippen molar-refractivity contribution in [2.75, 3.05) is 5.32 Å². The quantitative estimate of drug-likeness (QED) is 0.453. The van der Waals surface area contributed by atoms with E-state index in [0.29, 0.717) is 17.4 Å². The van der Waals surface area contributed by atoms with Crippen LogP contribution in [0.2, 0.25) is 0 Å². The molecule has 2 N–H and O–H groups in total. The van der Waals surface area contributed by atoms with E-state index in [4.69, 9.17) is 16.6 Å². The molecule has 0 saturated heterocycles. The Morgan fingerprint density at radius 2 is 1.79 bits per heavy atom. The first-order chi connectivity index (χ1) is 15.9. The van der Waals surface area contributed by atoms with E-state index < -0.39 is 0 Å². The van der Waals surface area contributed by atoms with Crippen LogP contribution in [0.25, 0.3) is 22.6 Å². The molecule has 4 aliphatic rings. The number of carbonyl (C=O) groups is 1. The Kier molecular flexibility index (Phi) is 5.02. The van der Waals surface area contributed by atoms with Gasteiger partial charge in [0.2, 0.25) is 11.8 Å². The van der Waals surface area contributed by atoms with Crippen molar-refractivity contribution >= 4 is 40.0 Å². The maximum absolute atomic E-state index is 12.9. The molecule has 170 valence electrons. The number of nitrogens with one attached hydrogen (secondary N) is 2. The van der Waals surface area contributed by atoms with Gasteiger partial charge >= 0.3 is 0 Å². The Labute approximate surface area is 199 Å². The Morgan fingerprint density at radius 1 is 1.09 bits per heavy atom. The standard InChI is InChI=1S/C27H29N3O2S/c1-16-4-2-3-5-21(16)25-29-22-11-20(6-7-23(22)32-25)28-26(33)30-24(31)15-27-12-17-8-18(13-27)10-19(9-17)14-27/h2-7,11,17-19H,8-10,12-15H2,1H3,(H2,28,30,31,33). The number of oxazole rings is 1. The van der Waals surface area contributed by atoms with Gasteiger partial charge in [-0.05, 0) is 111 Å². The molecule has 33 heavy (non-hydrogen) atoms. The van der Waals surface area contributed by atoms with Crippen molar-refractivity contribution in [3.8, 4) is 11.5 Å². The van der Waals surface area contributed by atoms with Gasteiger partial charge in [0.05, 0.1) is 0 Å². The van der Waals surface area contributed by atoms with E-state index in [9.17, 15) is 4.79 Å². The van der Waals surface area contributed by atoms with E-state index in [1.807, 2.05) is 49.4 Å². The largest absolute Gasteiger partial charge is 0.436 e. The molecule has 2 aromatic carbocycles. The van der Waals surface area contributed by atoms with Crippen LogP contribution in [0.4, 0.5) is 5.69 Å². The number of rotatable bonds is 4. The summed E-state index contributed by atoms with van der Waals surface area (Å²) >= 11 is 5.46. The molecule has 3 aromatic rings. The number of anilines is 1. The molecule has 5 nitrogen and oxygen atoms in total. The Bertz CT molecular complexity index is 1210. The van der Waals surface area contributed by atoms with Crippen molar-refractivity contribution in [2.24, 2.45) is 23.2 Å². The number of fused-ring (bicyclic) bond motifs is 1. The summed E-state index contributed by atoms with van der Waals surface area (Å²) in [6, 6.07) is 13.7. The van der Waals surface area contributed by atoms with Gasteiger partial charge in [0, 0.05) is 17.7 Å². The highest BCUT2D eigenvalue weighted by molar-refractivity contribution is 7.80. The lowest BCUT2D eigenvalue weighted by atomic mass is 9.49. The van der Waals surface area contributed by atoms with Gasteiger partial charge in [-0.2, -0.15) is 0 Å². The second-order valence-corrected chi connectivity index (χ2v) is 11.0. The number of thiocarbonyl (C=S) groups is 1. The number of hydrogen-bond donors (Lipinski definition) is 2. The van der Waals surface area contributed by atoms with Crippen LogP contribution in [-0.4, -0.2) is 16.0 Å². The van der Waals surface area contributed by atoms with Crippen LogP contribution in [-0.2, 0) is 4.79 Å². The van der Waals surface area contributed by atoms with E-state index in [-0.39, 0.29) is 11.3 Å². The summed E-state index contributed by atoms with van der Waals surface area (Å²) < 4.78 is 5.95. The maximum Gasteiger partial charge on any atom is 0.227 e. The van der Waals surface area contributed by atoms with Gasteiger partial charge in [-0.25, -0.2) is 4.98 Å². The third-order valence-electron chi connectivity index (χ3n) is 7.97. The zero-order chi connectivity index (χ0) is 22.6. The van der Waals surface area contributed by atoms with Crippen molar-refractivity contribution in [3.63, 3.8) is 0 Å². The average molecular weight is 460 g/mol. The number of carbonyl (C=O) groups excluding carboxylic acids is 1. The van der Waals surface area contributed by atoms with E-state index in [2.05, 4.69) is 15.6 Å². The predicted octanol–water partition coefficient (Wildman–Crippen LogP) is 6.22. The van der Waals surface area contributed by atoms with Gasteiger partial charge in [0.1, 0.15) is 5.52 Å². The smallest absolute Gasteiger partial charge is 0.227 e. The number of hydrogen-bond acceptors (Lipinski definition) is 4. The summed E-state index contributed by atoms with van der Waals surface area (Å²) in [5.74, 6) is 3.17. The van der Waals surface area contributed by atoms with Crippen LogP contribution in [0.15, 0.2) is 46.9 Å². The molecule has 4 fully saturated rings. The van der Waals surface area contributed by atoms with Gasteiger partial charge in [-0.1, -0.05) is 18.2 Å². The summed E-state index contributed by atoms with van der Waals surface area (Å²) in [6.07, 6.45) is 8.42. The topological polar surface area (TPSA) is 67.2 Å². The first-order valence-electron chi connectivity index (χ1n) is 12.0. The van der Waals surface area contributed by atoms with E-state index in [1.165, 1.54) is 38.5 Å². The number of benzene rings is 2. The molecule has 7 rings (SSSR count). The maximum atomic E-state index is 12.9. The van der Waals surface area contributed by atoms with Gasteiger partial charge in [-0.15, -0.1) is 0 Å². The normalized spacial score (nSPS) is 27.6. The number of nitrogens with zero attached hydrogens (tertiary/aromatic N) is 1. The monoisotopic (exact) mass is 459 g/mol. The number of aromatic nitrogens is 1. The van der Waals surface area contributed by atoms with Gasteiger partial charge in [-0.3, -0.25) is 4.79 Å². The zero-order valence-corrected chi connectivity index (χ0v) is 19.7. The second kappa shape index (κ2) is 7.94. The molecule has 4 aliphatic carbocycles. The Balaban J connectivity index is 1.11. The van der Waals surface area contributed by atoms with Crippen LogP contribution < -0.4 is 10.6 Å². The lowest BCUT2D eigenvalue weighted by Gasteiger charge is -2.56. The van der Waals surface area contributed by atoms with Gasteiger partial charge < -0.3 is 15.1 Å². The summed E-state index contributed by atoms with van der Waals surface area (Å²) in [6.45, 7) is 2.04. The first kappa shape index (κ1) is 20.8. The van der Waals surface area contributed by atoms with E-state index in [1.54, 1.807) is 0 Å². The molecule has 0 unspecified atom stereocenters. The molecule has 0 radical (unpaired) electrons. The second-order valence-electron chi connectivity index (χ2n) is 10.6. The highest BCUT2D eigenvalue weighted by Crippen LogP contribution is 2.61. The van der Waals surface area contributed by atoms with Crippen LogP contribution in [0.3, 0.4) is 0 Å². The third-order valence-corrected chi connectivity index (χ3v) is 8.18. The molecular formula is C27H29N3O2S. The highest BCUT2D eigenvalue weighted by atomic mass is 32.1. The van der Waals surface area contributed by atoms with Gasteiger partial charge in [0.15, 0.2) is 10.7 Å². The fourth-order valence-corrected chi connectivity index (χ4v) is 7.35. The molecule has 1 amide bonds. The molecular weight excluding hydrogens is 430 g/mol. The van der Waals surface area contributed by atoms with Crippen LogP contribution in [0, 0.1) is 30.1 Å². The molecule has 0 spiro atoms. The molecule has 6 heteroatoms. The minimum atomic E-state index is 0.0406. The number of aryl methyl sites for hydroxylation is 1. The number of amides is 1. The summed E-state index contributed by atoms with van der Waals surface area (Å²) in [7, 11) is 0. The lowest BCUT2D eigenvalue weighted by molar-refractivity contribution is -0.127. The third kappa shape index (κ3) is 4.05. The summed E-state index contributed by atoms with van der Waals surface area (Å²) in [5, 5.41) is 6.42. The minimum Gasteiger partial charge on any atom is -0.436 e. The summed E-state index contributed by atoms with van der Waals surface area (Å²) in [5.41, 5.74) is 4.56. The molecule has 0 aliphatic heterocycles. The SMILES string of the molecule is Cc1ccccc1-c1nc2cc(NC(=S)NC(=O)CC34CC5CC(CC(C5)C3)C4)ccc2o1. The molecule has 4 saturated carbocycles. The lowest BCUT2D eigenvalue weighted by Crippen LogP contribution is -2.48. The highest BCUT2D eigenvalue weighted by Gasteiger charge is 2.51. The average Bonchev–Trinajstić information content (AvgIpc) is 3.15. The first-order valence-corrected chi connectivity index (χ1v) is 12.4.